The van der Waals surface area contributed by atoms with Crippen LogP contribution < -0.4 is 11.1 Å². The van der Waals surface area contributed by atoms with Crippen LogP contribution in [-0.2, 0) is 9.59 Å². The van der Waals surface area contributed by atoms with Gasteiger partial charge >= 0.3 is 0 Å². The van der Waals surface area contributed by atoms with E-state index in [2.05, 4.69) is 5.32 Å². The van der Waals surface area contributed by atoms with E-state index >= 15 is 0 Å². The van der Waals surface area contributed by atoms with E-state index in [-0.39, 0.29) is 30.3 Å². The second-order valence-electron chi connectivity index (χ2n) is 8.50. The highest BCUT2D eigenvalue weighted by atomic mass is 35.5. The SMILES string of the molecule is Cl.NCC1CCN(C(=O)C2CCC(NC(=O)CC3CCCCC3)CC2)C1. The normalized spacial score (nSPS) is 29.9. The third-order valence-corrected chi connectivity index (χ3v) is 6.57. The van der Waals surface area contributed by atoms with Crippen molar-refractivity contribution in [1.82, 2.24) is 10.2 Å². The Labute approximate surface area is 164 Å². The monoisotopic (exact) mass is 385 g/mol. The van der Waals surface area contributed by atoms with Crippen LogP contribution in [-0.4, -0.2) is 42.4 Å². The summed E-state index contributed by atoms with van der Waals surface area (Å²) in [5.41, 5.74) is 5.73. The lowest BCUT2D eigenvalue weighted by atomic mass is 9.84. The lowest BCUT2D eigenvalue weighted by Crippen LogP contribution is -2.42. The van der Waals surface area contributed by atoms with Crippen molar-refractivity contribution >= 4 is 24.2 Å². The third-order valence-electron chi connectivity index (χ3n) is 6.57. The van der Waals surface area contributed by atoms with E-state index in [1.807, 2.05) is 4.90 Å². The first-order valence-corrected chi connectivity index (χ1v) is 10.4. The maximum absolute atomic E-state index is 12.7. The standard InChI is InChI=1S/C20H35N3O2.ClH/c21-13-16-10-11-23(14-16)20(25)17-6-8-18(9-7-17)22-19(24)12-15-4-2-1-3-5-15;/h15-18H,1-14,21H2,(H,22,24);1H. The molecule has 0 aromatic heterocycles. The maximum Gasteiger partial charge on any atom is 0.225 e. The zero-order valence-electron chi connectivity index (χ0n) is 16.0. The fourth-order valence-corrected chi connectivity index (χ4v) is 4.91. The number of likely N-dealkylation sites (tertiary alicyclic amines) is 1. The molecule has 1 aliphatic heterocycles. The lowest BCUT2D eigenvalue weighted by Gasteiger charge is -2.31. The van der Waals surface area contributed by atoms with E-state index in [4.69, 9.17) is 5.73 Å². The van der Waals surface area contributed by atoms with E-state index in [1.54, 1.807) is 0 Å². The summed E-state index contributed by atoms with van der Waals surface area (Å²) < 4.78 is 0. The molecule has 150 valence electrons. The first kappa shape index (κ1) is 21.5. The van der Waals surface area contributed by atoms with Gasteiger partial charge in [0.1, 0.15) is 0 Å². The molecule has 3 fully saturated rings. The molecule has 1 atom stereocenters. The summed E-state index contributed by atoms with van der Waals surface area (Å²) in [6, 6.07) is 0.274. The fraction of sp³-hybridized carbons (Fsp3) is 0.900. The van der Waals surface area contributed by atoms with Crippen LogP contribution >= 0.6 is 12.4 Å². The van der Waals surface area contributed by atoms with Crippen LogP contribution in [0.3, 0.4) is 0 Å². The summed E-state index contributed by atoms with van der Waals surface area (Å²) in [5, 5.41) is 3.23. The van der Waals surface area contributed by atoms with Crippen LogP contribution in [0.1, 0.15) is 70.6 Å². The number of carbonyl (C=O) groups is 2. The molecule has 3 aliphatic rings. The number of halogens is 1. The summed E-state index contributed by atoms with van der Waals surface area (Å²) in [6.45, 7) is 2.40. The maximum atomic E-state index is 12.7. The Morgan fingerprint density at radius 1 is 0.923 bits per heavy atom. The number of hydrogen-bond donors (Lipinski definition) is 2. The van der Waals surface area contributed by atoms with Crippen LogP contribution in [0.2, 0.25) is 0 Å². The van der Waals surface area contributed by atoms with Gasteiger partial charge in [-0.25, -0.2) is 0 Å². The molecule has 0 spiro atoms. The van der Waals surface area contributed by atoms with Gasteiger partial charge in [-0.05, 0) is 63.3 Å². The average Bonchev–Trinajstić information content (AvgIpc) is 3.12. The van der Waals surface area contributed by atoms with Crippen molar-refractivity contribution in [1.29, 1.82) is 0 Å². The highest BCUT2D eigenvalue weighted by molar-refractivity contribution is 5.85. The number of nitrogens with one attached hydrogen (secondary N) is 1. The molecule has 2 amide bonds. The van der Waals surface area contributed by atoms with E-state index < -0.39 is 0 Å². The number of hydrogen-bond acceptors (Lipinski definition) is 3. The topological polar surface area (TPSA) is 75.4 Å². The molecule has 0 aromatic rings. The summed E-state index contributed by atoms with van der Waals surface area (Å²) in [4.78, 5) is 26.9. The number of nitrogens with two attached hydrogens (primary N) is 1. The Hall–Kier alpha value is -0.810. The van der Waals surface area contributed by atoms with Gasteiger partial charge in [-0.1, -0.05) is 19.3 Å². The van der Waals surface area contributed by atoms with Gasteiger partial charge in [-0.2, -0.15) is 0 Å². The van der Waals surface area contributed by atoms with Gasteiger partial charge in [0.25, 0.3) is 0 Å². The van der Waals surface area contributed by atoms with Gasteiger partial charge in [-0.3, -0.25) is 9.59 Å². The van der Waals surface area contributed by atoms with Crippen LogP contribution in [0, 0.1) is 17.8 Å². The first-order valence-electron chi connectivity index (χ1n) is 10.4. The Morgan fingerprint density at radius 3 is 2.23 bits per heavy atom. The summed E-state index contributed by atoms with van der Waals surface area (Å²) in [6.07, 6.45) is 11.8. The zero-order valence-corrected chi connectivity index (χ0v) is 16.8. The lowest BCUT2D eigenvalue weighted by molar-refractivity contribution is -0.135. The molecule has 1 saturated heterocycles. The van der Waals surface area contributed by atoms with Gasteiger partial charge < -0.3 is 16.0 Å². The van der Waals surface area contributed by atoms with E-state index in [1.165, 1.54) is 32.1 Å². The zero-order chi connectivity index (χ0) is 17.6. The van der Waals surface area contributed by atoms with Crippen molar-refractivity contribution in [3.63, 3.8) is 0 Å². The summed E-state index contributed by atoms with van der Waals surface area (Å²) in [5.74, 6) is 1.79. The molecule has 0 bridgehead atoms. The second-order valence-corrected chi connectivity index (χ2v) is 8.50. The van der Waals surface area contributed by atoms with Crippen molar-refractivity contribution in [2.45, 2.75) is 76.7 Å². The Balaban J connectivity index is 0.00000243. The van der Waals surface area contributed by atoms with E-state index in [0.717, 1.165) is 45.2 Å². The molecular formula is C20H36ClN3O2. The molecule has 26 heavy (non-hydrogen) atoms. The Morgan fingerprint density at radius 2 is 1.62 bits per heavy atom. The van der Waals surface area contributed by atoms with Gasteiger partial charge in [0.15, 0.2) is 0 Å². The van der Waals surface area contributed by atoms with Crippen LogP contribution in [0.15, 0.2) is 0 Å². The Kier molecular flexibility index (Phi) is 8.68. The van der Waals surface area contributed by atoms with Crippen LogP contribution in [0.25, 0.3) is 0 Å². The number of rotatable bonds is 5. The molecule has 0 aromatic carbocycles. The average molecular weight is 386 g/mol. The largest absolute Gasteiger partial charge is 0.353 e. The highest BCUT2D eigenvalue weighted by Gasteiger charge is 2.33. The summed E-state index contributed by atoms with van der Waals surface area (Å²) in [7, 11) is 0. The summed E-state index contributed by atoms with van der Waals surface area (Å²) >= 11 is 0. The quantitative estimate of drug-likeness (QED) is 0.764. The molecule has 5 nitrogen and oxygen atoms in total. The minimum absolute atomic E-state index is 0. The van der Waals surface area contributed by atoms with Crippen LogP contribution in [0.4, 0.5) is 0 Å². The fourth-order valence-electron chi connectivity index (χ4n) is 4.91. The minimum atomic E-state index is 0. The highest BCUT2D eigenvalue weighted by Crippen LogP contribution is 2.29. The van der Waals surface area contributed by atoms with Crippen molar-refractivity contribution in [2.24, 2.45) is 23.5 Å². The van der Waals surface area contributed by atoms with Crippen molar-refractivity contribution < 1.29 is 9.59 Å². The molecule has 1 heterocycles. The minimum Gasteiger partial charge on any atom is -0.353 e. The van der Waals surface area contributed by atoms with Crippen molar-refractivity contribution in [2.75, 3.05) is 19.6 Å². The number of amides is 2. The predicted octanol–water partition coefficient (Wildman–Crippen LogP) is 2.86. The van der Waals surface area contributed by atoms with Gasteiger partial charge in [0.2, 0.25) is 11.8 Å². The number of carbonyl (C=O) groups excluding carboxylic acids is 2. The van der Waals surface area contributed by atoms with E-state index in [9.17, 15) is 9.59 Å². The smallest absolute Gasteiger partial charge is 0.225 e. The van der Waals surface area contributed by atoms with Crippen molar-refractivity contribution in [3.8, 4) is 0 Å². The molecule has 6 heteroatoms. The molecule has 1 unspecified atom stereocenters. The predicted molar refractivity (Wildman–Crippen MR) is 106 cm³/mol. The van der Waals surface area contributed by atoms with Crippen LogP contribution in [0.5, 0.6) is 0 Å². The first-order chi connectivity index (χ1) is 12.2. The molecule has 3 N–H and O–H groups in total. The van der Waals surface area contributed by atoms with Gasteiger partial charge in [0, 0.05) is 31.5 Å². The van der Waals surface area contributed by atoms with E-state index in [0.29, 0.717) is 30.7 Å². The molecule has 3 rings (SSSR count). The van der Waals surface area contributed by atoms with Gasteiger partial charge in [-0.15, -0.1) is 12.4 Å². The second kappa shape index (κ2) is 10.5. The van der Waals surface area contributed by atoms with Gasteiger partial charge in [0.05, 0.1) is 0 Å². The van der Waals surface area contributed by atoms with Crippen molar-refractivity contribution in [3.05, 3.63) is 0 Å². The molecule has 2 aliphatic carbocycles. The molecule has 2 saturated carbocycles. The molecular weight excluding hydrogens is 350 g/mol. The Bertz CT molecular complexity index is 460. The third kappa shape index (κ3) is 5.85. The molecule has 0 radical (unpaired) electrons. The number of nitrogens with zero attached hydrogens (tertiary/aromatic N) is 1.